The predicted molar refractivity (Wildman–Crippen MR) is 82.9 cm³/mol. The van der Waals surface area contributed by atoms with Crippen LogP contribution in [0.1, 0.15) is 26.2 Å². The van der Waals surface area contributed by atoms with Crippen molar-refractivity contribution in [1.29, 1.82) is 0 Å². The molecule has 1 saturated heterocycles. The molecule has 0 radical (unpaired) electrons. The van der Waals surface area contributed by atoms with E-state index in [0.717, 1.165) is 29.6 Å². The number of hydrogen-bond acceptors (Lipinski definition) is 4. The average molecular weight is 288 g/mol. The Morgan fingerprint density at radius 3 is 2.67 bits per heavy atom. The van der Waals surface area contributed by atoms with E-state index in [0.29, 0.717) is 17.1 Å². The number of nitrogens with zero attached hydrogens (tertiary/aromatic N) is 4. The first-order valence-corrected chi connectivity index (χ1v) is 7.33. The van der Waals surface area contributed by atoms with Crippen LogP contribution in [-0.2, 0) is 14.1 Å². The number of anilines is 1. The van der Waals surface area contributed by atoms with Gasteiger partial charge in [-0.2, -0.15) is 0 Å². The second kappa shape index (κ2) is 5.02. The van der Waals surface area contributed by atoms with Crippen LogP contribution in [0.4, 0.5) is 5.69 Å². The van der Waals surface area contributed by atoms with Crippen LogP contribution in [-0.4, -0.2) is 26.7 Å². The lowest BCUT2D eigenvalue weighted by molar-refractivity contribution is 0.485. The van der Waals surface area contributed by atoms with E-state index in [9.17, 15) is 9.59 Å². The van der Waals surface area contributed by atoms with Gasteiger partial charge in [-0.15, -0.1) is 0 Å². The van der Waals surface area contributed by atoms with Crippen molar-refractivity contribution in [3.8, 4) is 0 Å². The van der Waals surface area contributed by atoms with E-state index >= 15 is 0 Å². The van der Waals surface area contributed by atoms with Crippen molar-refractivity contribution >= 4 is 16.7 Å². The standard InChI is InChI=1S/C15H20N4O2/c1-10-6-4-5-9-19(10)11-7-8-16-13-12(11)14(20)18(3)15(21)17(13)2/h7-8,10H,4-6,9H2,1-3H3. The lowest BCUT2D eigenvalue weighted by Gasteiger charge is -2.35. The monoisotopic (exact) mass is 288 g/mol. The quantitative estimate of drug-likeness (QED) is 0.786. The second-order valence-electron chi connectivity index (χ2n) is 5.77. The Bertz CT molecular complexity index is 806. The first kappa shape index (κ1) is 13.9. The third-order valence-electron chi connectivity index (χ3n) is 4.43. The largest absolute Gasteiger partial charge is 0.368 e. The minimum absolute atomic E-state index is 0.269. The molecule has 0 aliphatic carbocycles. The molecule has 6 nitrogen and oxygen atoms in total. The molecule has 0 aromatic carbocycles. The van der Waals surface area contributed by atoms with E-state index in [-0.39, 0.29) is 11.2 Å². The summed E-state index contributed by atoms with van der Waals surface area (Å²) in [6, 6.07) is 2.28. The lowest BCUT2D eigenvalue weighted by Crippen LogP contribution is -2.41. The molecule has 0 saturated carbocycles. The SMILES string of the molecule is CC1CCCCN1c1ccnc2c1c(=O)n(C)c(=O)n2C. The highest BCUT2D eigenvalue weighted by Gasteiger charge is 2.23. The Morgan fingerprint density at radius 2 is 1.95 bits per heavy atom. The van der Waals surface area contributed by atoms with Crippen LogP contribution in [0.15, 0.2) is 21.9 Å². The van der Waals surface area contributed by atoms with E-state index < -0.39 is 0 Å². The second-order valence-corrected chi connectivity index (χ2v) is 5.77. The van der Waals surface area contributed by atoms with Gasteiger partial charge in [0.1, 0.15) is 5.39 Å². The van der Waals surface area contributed by atoms with Crippen molar-refractivity contribution < 1.29 is 0 Å². The van der Waals surface area contributed by atoms with Gasteiger partial charge in [-0.1, -0.05) is 0 Å². The fourth-order valence-electron chi connectivity index (χ4n) is 3.17. The third-order valence-corrected chi connectivity index (χ3v) is 4.43. The van der Waals surface area contributed by atoms with Gasteiger partial charge in [-0.05, 0) is 32.3 Å². The molecule has 0 N–H and O–H groups in total. The molecule has 0 spiro atoms. The maximum absolute atomic E-state index is 12.6. The van der Waals surface area contributed by atoms with Crippen molar-refractivity contribution in [2.45, 2.75) is 32.2 Å². The van der Waals surface area contributed by atoms with Crippen molar-refractivity contribution in [2.75, 3.05) is 11.4 Å². The summed E-state index contributed by atoms with van der Waals surface area (Å²) < 4.78 is 2.59. The Kier molecular flexibility index (Phi) is 3.31. The van der Waals surface area contributed by atoms with Gasteiger partial charge >= 0.3 is 5.69 Å². The Morgan fingerprint density at radius 1 is 1.19 bits per heavy atom. The lowest BCUT2D eigenvalue weighted by atomic mass is 10.0. The highest BCUT2D eigenvalue weighted by molar-refractivity contribution is 5.88. The van der Waals surface area contributed by atoms with Crippen LogP contribution < -0.4 is 16.1 Å². The van der Waals surface area contributed by atoms with Crippen molar-refractivity contribution in [1.82, 2.24) is 14.1 Å². The number of aryl methyl sites for hydroxylation is 1. The van der Waals surface area contributed by atoms with Gasteiger partial charge in [-0.3, -0.25) is 13.9 Å². The molecular weight excluding hydrogens is 268 g/mol. The molecular formula is C15H20N4O2. The highest BCUT2D eigenvalue weighted by Crippen LogP contribution is 2.28. The molecule has 21 heavy (non-hydrogen) atoms. The van der Waals surface area contributed by atoms with Crippen molar-refractivity contribution in [3.05, 3.63) is 33.1 Å². The molecule has 0 bridgehead atoms. The first-order valence-electron chi connectivity index (χ1n) is 7.33. The van der Waals surface area contributed by atoms with Gasteiger partial charge in [0, 0.05) is 32.9 Å². The van der Waals surface area contributed by atoms with Crippen molar-refractivity contribution in [2.24, 2.45) is 14.1 Å². The number of pyridine rings is 1. The summed E-state index contributed by atoms with van der Waals surface area (Å²) in [5.74, 6) is 0. The molecule has 1 atom stereocenters. The van der Waals surface area contributed by atoms with E-state index in [1.54, 1.807) is 13.2 Å². The van der Waals surface area contributed by atoms with Crippen LogP contribution >= 0.6 is 0 Å². The van der Waals surface area contributed by atoms with Gasteiger partial charge in [0.25, 0.3) is 5.56 Å². The number of aromatic nitrogens is 3. The Balaban J connectivity index is 2.35. The molecule has 6 heteroatoms. The number of piperidine rings is 1. The van der Waals surface area contributed by atoms with E-state index in [1.807, 2.05) is 6.07 Å². The number of hydrogen-bond donors (Lipinski definition) is 0. The molecule has 1 aliphatic rings. The average Bonchev–Trinajstić information content (AvgIpc) is 2.50. The maximum Gasteiger partial charge on any atom is 0.332 e. The summed E-state index contributed by atoms with van der Waals surface area (Å²) >= 11 is 0. The molecule has 0 amide bonds. The fraction of sp³-hybridized carbons (Fsp3) is 0.533. The zero-order chi connectivity index (χ0) is 15.1. The minimum atomic E-state index is -0.344. The van der Waals surface area contributed by atoms with E-state index in [2.05, 4.69) is 16.8 Å². The third kappa shape index (κ3) is 2.05. The van der Waals surface area contributed by atoms with Gasteiger partial charge in [0.15, 0.2) is 5.65 Å². The maximum atomic E-state index is 12.6. The molecule has 1 fully saturated rings. The summed E-state index contributed by atoms with van der Waals surface area (Å²) in [5, 5.41) is 0.538. The van der Waals surface area contributed by atoms with E-state index in [4.69, 9.17) is 0 Å². The Labute approximate surface area is 122 Å². The first-order chi connectivity index (χ1) is 10.0. The summed E-state index contributed by atoms with van der Waals surface area (Å²) in [6.07, 6.45) is 5.14. The molecule has 2 aromatic rings. The fourth-order valence-corrected chi connectivity index (χ4v) is 3.17. The number of fused-ring (bicyclic) bond motifs is 1. The highest BCUT2D eigenvalue weighted by atomic mass is 16.2. The molecule has 1 aliphatic heterocycles. The normalized spacial score (nSPS) is 19.2. The molecule has 3 rings (SSSR count). The summed E-state index contributed by atoms with van der Waals surface area (Å²) in [6.45, 7) is 3.12. The van der Waals surface area contributed by atoms with Crippen molar-refractivity contribution in [3.63, 3.8) is 0 Å². The molecule has 1 unspecified atom stereocenters. The van der Waals surface area contributed by atoms with Crippen LogP contribution in [0.2, 0.25) is 0 Å². The minimum Gasteiger partial charge on any atom is -0.368 e. The topological polar surface area (TPSA) is 60.1 Å². The van der Waals surface area contributed by atoms with Crippen LogP contribution in [0.25, 0.3) is 11.0 Å². The zero-order valence-corrected chi connectivity index (χ0v) is 12.7. The van der Waals surface area contributed by atoms with Crippen LogP contribution in [0, 0.1) is 0 Å². The van der Waals surface area contributed by atoms with Gasteiger partial charge in [0.05, 0.1) is 5.69 Å². The van der Waals surface area contributed by atoms with Gasteiger partial charge in [-0.25, -0.2) is 9.78 Å². The smallest absolute Gasteiger partial charge is 0.332 e. The van der Waals surface area contributed by atoms with Crippen LogP contribution in [0.3, 0.4) is 0 Å². The van der Waals surface area contributed by atoms with Gasteiger partial charge < -0.3 is 4.90 Å². The predicted octanol–water partition coefficient (Wildman–Crippen LogP) is 1.01. The zero-order valence-electron chi connectivity index (χ0n) is 12.7. The summed E-state index contributed by atoms with van der Waals surface area (Å²) in [7, 11) is 3.17. The summed E-state index contributed by atoms with van der Waals surface area (Å²) in [4.78, 5) is 31.1. The molecule has 3 heterocycles. The van der Waals surface area contributed by atoms with E-state index in [1.165, 1.54) is 18.0 Å². The Hall–Kier alpha value is -2.11. The molecule has 112 valence electrons. The summed E-state index contributed by atoms with van der Waals surface area (Å²) in [5.41, 5.74) is 0.736. The molecule has 2 aromatic heterocycles. The van der Waals surface area contributed by atoms with Gasteiger partial charge in [0.2, 0.25) is 0 Å². The number of rotatable bonds is 1. The van der Waals surface area contributed by atoms with Crippen LogP contribution in [0.5, 0.6) is 0 Å².